The molecule has 0 bridgehead atoms. The number of nitrogen functional groups attached to an aromatic ring is 2. The number of nitrogens with zero attached hydrogens (tertiary/aromatic N) is 6. The van der Waals surface area contributed by atoms with Crippen molar-refractivity contribution in [1.82, 2.24) is 18.7 Å². The normalized spacial score (nSPS) is 12.6. The van der Waals surface area contributed by atoms with Crippen molar-refractivity contribution in [1.29, 1.82) is 0 Å². The van der Waals surface area contributed by atoms with E-state index in [0.29, 0.717) is 24.5 Å². The van der Waals surface area contributed by atoms with Crippen molar-refractivity contribution < 1.29 is 0 Å². The molecular weight excluding hydrogens is 412 g/mol. The van der Waals surface area contributed by atoms with E-state index in [0.717, 1.165) is 40.2 Å². The molecule has 2 heterocycles. The quantitative estimate of drug-likeness (QED) is 0.447. The molecule has 0 aliphatic rings. The lowest BCUT2D eigenvalue weighted by Gasteiger charge is -2.09. The predicted molar refractivity (Wildman–Crippen MR) is 133 cm³/mol. The number of nitrogens with two attached hydrogens (primary N) is 2. The van der Waals surface area contributed by atoms with Crippen LogP contribution in [0.25, 0.3) is 11.4 Å². The predicted octanol–water partition coefficient (Wildman–Crippen LogP) is 2.62. The van der Waals surface area contributed by atoms with Crippen LogP contribution in [-0.4, -0.2) is 31.8 Å². The van der Waals surface area contributed by atoms with Crippen LogP contribution in [0.3, 0.4) is 0 Å². The second kappa shape index (κ2) is 9.28. The van der Waals surface area contributed by atoms with Gasteiger partial charge in [-0.05, 0) is 44.5 Å². The minimum atomic E-state index is 0.612. The third kappa shape index (κ3) is 4.11. The molecule has 0 amide bonds. The summed E-state index contributed by atoms with van der Waals surface area (Å²) in [5.41, 5.74) is 19.7. The molecule has 4 rings (SSSR count). The first-order valence-corrected chi connectivity index (χ1v) is 11.1. The average molecular weight is 445 g/mol. The summed E-state index contributed by atoms with van der Waals surface area (Å²) in [4.78, 5) is 9.67. The SMILES string of the molecule is Cc1c(N)c(=NCCCN=c2c(N)c(C)n(C)n2-c2ccccc2)n(-c2ccccc2)n1C. The Labute approximate surface area is 193 Å². The molecule has 8 nitrogen and oxygen atoms in total. The van der Waals surface area contributed by atoms with Gasteiger partial charge in [-0.25, -0.2) is 9.36 Å². The number of anilines is 2. The highest BCUT2D eigenvalue weighted by molar-refractivity contribution is 5.45. The van der Waals surface area contributed by atoms with Gasteiger partial charge in [-0.1, -0.05) is 36.4 Å². The first-order valence-electron chi connectivity index (χ1n) is 11.1. The fraction of sp³-hybridized carbons (Fsp3) is 0.280. The van der Waals surface area contributed by atoms with Gasteiger partial charge < -0.3 is 11.5 Å². The Kier molecular flexibility index (Phi) is 6.26. The molecule has 8 heteroatoms. The first kappa shape index (κ1) is 22.3. The first-order chi connectivity index (χ1) is 15.9. The molecule has 0 spiro atoms. The molecule has 33 heavy (non-hydrogen) atoms. The van der Waals surface area contributed by atoms with Gasteiger partial charge in [-0.2, -0.15) is 0 Å². The van der Waals surface area contributed by atoms with Gasteiger partial charge in [0, 0.05) is 27.2 Å². The van der Waals surface area contributed by atoms with Crippen LogP contribution in [0.4, 0.5) is 11.4 Å². The minimum absolute atomic E-state index is 0.612. The van der Waals surface area contributed by atoms with Gasteiger partial charge >= 0.3 is 0 Å². The van der Waals surface area contributed by atoms with Crippen LogP contribution in [-0.2, 0) is 14.1 Å². The molecule has 0 atom stereocenters. The van der Waals surface area contributed by atoms with Gasteiger partial charge in [-0.3, -0.25) is 19.3 Å². The summed E-state index contributed by atoms with van der Waals surface area (Å²) in [7, 11) is 3.99. The Balaban J connectivity index is 1.61. The highest BCUT2D eigenvalue weighted by atomic mass is 15.4. The van der Waals surface area contributed by atoms with E-state index < -0.39 is 0 Å². The maximum Gasteiger partial charge on any atom is 0.172 e. The molecule has 0 aliphatic carbocycles. The van der Waals surface area contributed by atoms with Gasteiger partial charge in [-0.15, -0.1) is 0 Å². The molecule has 0 saturated heterocycles. The zero-order valence-corrected chi connectivity index (χ0v) is 19.7. The van der Waals surface area contributed by atoms with E-state index in [1.54, 1.807) is 0 Å². The van der Waals surface area contributed by atoms with E-state index in [1.165, 1.54) is 0 Å². The monoisotopic (exact) mass is 444 g/mol. The Hall–Kier alpha value is -3.94. The van der Waals surface area contributed by atoms with Crippen molar-refractivity contribution in [2.75, 3.05) is 24.6 Å². The molecule has 0 saturated carbocycles. The highest BCUT2D eigenvalue weighted by Gasteiger charge is 2.12. The van der Waals surface area contributed by atoms with E-state index in [-0.39, 0.29) is 0 Å². The molecule has 4 N–H and O–H groups in total. The van der Waals surface area contributed by atoms with E-state index >= 15 is 0 Å². The van der Waals surface area contributed by atoms with E-state index in [1.807, 2.05) is 83.1 Å². The summed E-state index contributed by atoms with van der Waals surface area (Å²) >= 11 is 0. The van der Waals surface area contributed by atoms with Gasteiger partial charge in [0.1, 0.15) is 0 Å². The number of benzene rings is 2. The fourth-order valence-electron chi connectivity index (χ4n) is 3.96. The maximum atomic E-state index is 6.39. The minimum Gasteiger partial charge on any atom is -0.394 e. The van der Waals surface area contributed by atoms with Crippen LogP contribution in [0, 0.1) is 13.8 Å². The molecular formula is C25H32N8. The van der Waals surface area contributed by atoms with Crippen molar-refractivity contribution in [3.8, 4) is 11.4 Å². The largest absolute Gasteiger partial charge is 0.394 e. The van der Waals surface area contributed by atoms with E-state index in [9.17, 15) is 0 Å². The second-order valence-corrected chi connectivity index (χ2v) is 8.10. The van der Waals surface area contributed by atoms with E-state index in [4.69, 9.17) is 21.5 Å². The summed E-state index contributed by atoms with van der Waals surface area (Å²) in [5, 5.41) is 0. The van der Waals surface area contributed by atoms with Crippen LogP contribution >= 0.6 is 0 Å². The summed E-state index contributed by atoms with van der Waals surface area (Å²) < 4.78 is 8.15. The molecule has 4 aromatic rings. The highest BCUT2D eigenvalue weighted by Crippen LogP contribution is 2.12. The molecule has 0 fully saturated rings. The molecule has 2 aromatic carbocycles. The Morgan fingerprint density at radius 1 is 0.636 bits per heavy atom. The van der Waals surface area contributed by atoms with Crippen LogP contribution in [0.1, 0.15) is 17.8 Å². The van der Waals surface area contributed by atoms with Crippen molar-refractivity contribution in [2.24, 2.45) is 24.1 Å². The van der Waals surface area contributed by atoms with Gasteiger partial charge in [0.2, 0.25) is 0 Å². The summed E-state index contributed by atoms with van der Waals surface area (Å²) in [6.07, 6.45) is 0.782. The molecule has 0 aliphatic heterocycles. The van der Waals surface area contributed by atoms with Crippen molar-refractivity contribution in [2.45, 2.75) is 20.3 Å². The van der Waals surface area contributed by atoms with Gasteiger partial charge in [0.15, 0.2) is 11.0 Å². The van der Waals surface area contributed by atoms with E-state index in [2.05, 4.69) is 24.3 Å². The third-order valence-corrected chi connectivity index (χ3v) is 6.07. The summed E-state index contributed by atoms with van der Waals surface area (Å²) in [6.45, 7) is 5.24. The summed E-state index contributed by atoms with van der Waals surface area (Å²) in [6, 6.07) is 20.3. The standard InChI is InChI=1S/C25H32N8/c1-18-22(26)24(32(30(18)3)20-12-7-5-8-13-20)28-16-11-17-29-25-23(27)19(2)31(4)33(25)21-14-9-6-10-15-21/h5-10,12-15H,11,16-17,26-27H2,1-4H3. The molecule has 0 unspecified atom stereocenters. The lowest BCUT2D eigenvalue weighted by molar-refractivity contribution is 0.613. The van der Waals surface area contributed by atoms with Crippen LogP contribution < -0.4 is 22.4 Å². The lowest BCUT2D eigenvalue weighted by atomic mass is 10.3. The second-order valence-electron chi connectivity index (χ2n) is 8.10. The van der Waals surface area contributed by atoms with Crippen LogP contribution in [0.15, 0.2) is 70.6 Å². The Morgan fingerprint density at radius 3 is 1.36 bits per heavy atom. The number of rotatable bonds is 6. The topological polar surface area (TPSA) is 96.5 Å². The average Bonchev–Trinajstić information content (AvgIpc) is 3.19. The van der Waals surface area contributed by atoms with Crippen molar-refractivity contribution in [3.63, 3.8) is 0 Å². The molecule has 172 valence electrons. The number of hydrogen-bond donors (Lipinski definition) is 2. The zero-order chi connectivity index (χ0) is 23.5. The zero-order valence-electron chi connectivity index (χ0n) is 19.7. The summed E-state index contributed by atoms with van der Waals surface area (Å²) in [5.74, 6) is 0. The van der Waals surface area contributed by atoms with Crippen LogP contribution in [0.5, 0.6) is 0 Å². The number of para-hydroxylation sites is 2. The molecule has 0 radical (unpaired) electrons. The third-order valence-electron chi connectivity index (χ3n) is 6.07. The fourth-order valence-corrected chi connectivity index (χ4v) is 3.96. The smallest absolute Gasteiger partial charge is 0.172 e. The van der Waals surface area contributed by atoms with Gasteiger partial charge in [0.05, 0.1) is 34.1 Å². The van der Waals surface area contributed by atoms with Crippen molar-refractivity contribution in [3.05, 3.63) is 83.0 Å². The Morgan fingerprint density at radius 2 is 1.00 bits per heavy atom. The number of aromatic nitrogens is 4. The molecule has 2 aromatic heterocycles. The number of hydrogen-bond acceptors (Lipinski definition) is 4. The van der Waals surface area contributed by atoms with Crippen molar-refractivity contribution >= 4 is 11.4 Å². The lowest BCUT2D eigenvalue weighted by Crippen LogP contribution is -2.23. The van der Waals surface area contributed by atoms with Gasteiger partial charge in [0.25, 0.3) is 0 Å². The maximum absolute atomic E-state index is 6.39. The Bertz CT molecular complexity index is 1270. The van der Waals surface area contributed by atoms with Crippen LogP contribution in [0.2, 0.25) is 0 Å².